The summed E-state index contributed by atoms with van der Waals surface area (Å²) < 4.78 is 18.1. The van der Waals surface area contributed by atoms with Crippen molar-refractivity contribution >= 4 is 12.0 Å². The summed E-state index contributed by atoms with van der Waals surface area (Å²) >= 11 is 0. The summed E-state index contributed by atoms with van der Waals surface area (Å²) in [6.45, 7) is 5.24. The Morgan fingerprint density at radius 3 is 2.39 bits per heavy atom. The fraction of sp³-hybridized carbons (Fsp3) is 0.429. The van der Waals surface area contributed by atoms with E-state index in [-0.39, 0.29) is 32.0 Å². The molecule has 9 heteroatoms. The highest BCUT2D eigenvalue weighted by Crippen LogP contribution is 2.39. The minimum atomic E-state index is -0.519. The van der Waals surface area contributed by atoms with Crippen molar-refractivity contribution in [2.75, 3.05) is 32.8 Å². The first kappa shape index (κ1) is 31.7. The Balaban J connectivity index is 1.29. The molecule has 2 saturated heterocycles. The number of hydrogen-bond acceptors (Lipinski definition) is 7. The first-order valence-electron chi connectivity index (χ1n) is 15.6. The lowest BCUT2D eigenvalue weighted by Crippen LogP contribution is -2.41. The summed E-state index contributed by atoms with van der Waals surface area (Å²) in [7, 11) is 0. The van der Waals surface area contributed by atoms with Crippen molar-refractivity contribution in [3.63, 3.8) is 0 Å². The number of amides is 2. The van der Waals surface area contributed by atoms with Crippen LogP contribution in [0.15, 0.2) is 72.8 Å². The van der Waals surface area contributed by atoms with Gasteiger partial charge in [0.05, 0.1) is 25.4 Å². The van der Waals surface area contributed by atoms with Gasteiger partial charge in [-0.3, -0.25) is 4.79 Å². The molecule has 2 fully saturated rings. The van der Waals surface area contributed by atoms with E-state index in [1.807, 2.05) is 60.7 Å². The molecule has 0 aliphatic carbocycles. The first-order valence-corrected chi connectivity index (χ1v) is 15.6. The van der Waals surface area contributed by atoms with Crippen LogP contribution in [0.4, 0.5) is 4.79 Å². The topological polar surface area (TPSA) is 109 Å². The number of aliphatic hydroxyl groups excluding tert-OH is 1. The van der Waals surface area contributed by atoms with Gasteiger partial charge in [0.25, 0.3) is 0 Å². The molecular formula is C35H43N3O6. The normalized spacial score (nSPS) is 20.5. The van der Waals surface area contributed by atoms with Crippen LogP contribution in [-0.4, -0.2) is 60.9 Å². The molecule has 0 radical (unpaired) electrons. The van der Waals surface area contributed by atoms with Crippen molar-refractivity contribution in [3.05, 3.63) is 95.1 Å². The number of hydrogen-bond donors (Lipinski definition) is 3. The van der Waals surface area contributed by atoms with Crippen LogP contribution in [0.25, 0.3) is 11.1 Å². The molecular weight excluding hydrogens is 558 g/mol. The zero-order chi connectivity index (χ0) is 30.7. The van der Waals surface area contributed by atoms with Gasteiger partial charge in [-0.25, -0.2) is 4.79 Å². The Bertz CT molecular complexity index is 1370. The van der Waals surface area contributed by atoms with Crippen molar-refractivity contribution < 1.29 is 28.9 Å². The molecule has 2 aliphatic heterocycles. The fourth-order valence-corrected chi connectivity index (χ4v) is 5.80. The van der Waals surface area contributed by atoms with Gasteiger partial charge in [-0.1, -0.05) is 67.1 Å². The number of aliphatic hydroxyl groups is 1. The van der Waals surface area contributed by atoms with E-state index in [1.54, 1.807) is 6.92 Å². The Labute approximate surface area is 259 Å². The molecule has 0 spiro atoms. The van der Waals surface area contributed by atoms with Crippen LogP contribution in [0.2, 0.25) is 0 Å². The molecule has 0 aromatic heterocycles. The molecule has 0 saturated carbocycles. The van der Waals surface area contributed by atoms with Gasteiger partial charge in [0.15, 0.2) is 6.29 Å². The number of ether oxygens (including phenoxy) is 3. The lowest BCUT2D eigenvalue weighted by molar-refractivity contribution is -0.253. The van der Waals surface area contributed by atoms with Gasteiger partial charge in [0, 0.05) is 25.1 Å². The standard InChI is InChI=1S/C35H43N3O6/c1-2-42-33(40)22-37-35(41)36-21-26-8-6-9-28(18-26)29-10-7-11-30(19-29)34-43-31(23-38-16-4-3-5-17-38)20-32(44-34)27-14-12-25(24-39)13-15-27/h6-15,18-19,31-32,34,39H,2-5,16-17,20-24H2,1H3,(H2,36,37,41). The van der Waals surface area contributed by atoms with Gasteiger partial charge >= 0.3 is 12.0 Å². The number of likely N-dealkylation sites (tertiary alicyclic amines) is 1. The monoisotopic (exact) mass is 601 g/mol. The summed E-state index contributed by atoms with van der Waals surface area (Å²) in [5.41, 5.74) is 5.87. The Kier molecular flexibility index (Phi) is 11.4. The van der Waals surface area contributed by atoms with Crippen molar-refractivity contribution in [1.82, 2.24) is 15.5 Å². The predicted octanol–water partition coefficient (Wildman–Crippen LogP) is 5.24. The number of benzene rings is 3. The fourth-order valence-electron chi connectivity index (χ4n) is 5.80. The van der Waals surface area contributed by atoms with Crippen LogP contribution in [-0.2, 0) is 32.2 Å². The number of piperidine rings is 1. The van der Waals surface area contributed by atoms with Crippen LogP contribution in [0, 0.1) is 0 Å². The summed E-state index contributed by atoms with van der Waals surface area (Å²) in [4.78, 5) is 26.1. The van der Waals surface area contributed by atoms with E-state index in [0.717, 1.165) is 59.4 Å². The minimum absolute atomic E-state index is 0.0157. The molecule has 5 rings (SSSR count). The van der Waals surface area contributed by atoms with Crippen molar-refractivity contribution in [2.24, 2.45) is 0 Å². The third-order valence-electron chi connectivity index (χ3n) is 8.10. The number of esters is 1. The second-order valence-electron chi connectivity index (χ2n) is 11.4. The number of carbonyl (C=O) groups excluding carboxylic acids is 2. The lowest BCUT2D eigenvalue weighted by Gasteiger charge is -2.39. The second-order valence-corrected chi connectivity index (χ2v) is 11.4. The molecule has 2 aliphatic rings. The van der Waals surface area contributed by atoms with Gasteiger partial charge in [0.2, 0.25) is 0 Å². The number of urea groups is 1. The van der Waals surface area contributed by atoms with E-state index in [2.05, 4.69) is 27.7 Å². The molecule has 3 N–H and O–H groups in total. The third-order valence-corrected chi connectivity index (χ3v) is 8.10. The van der Waals surface area contributed by atoms with Gasteiger partial charge < -0.3 is 34.9 Å². The molecule has 0 bridgehead atoms. The first-order chi connectivity index (χ1) is 21.5. The van der Waals surface area contributed by atoms with E-state index in [0.29, 0.717) is 6.54 Å². The van der Waals surface area contributed by atoms with Crippen molar-refractivity contribution in [3.8, 4) is 11.1 Å². The quantitative estimate of drug-likeness (QED) is 0.258. The third kappa shape index (κ3) is 8.89. The van der Waals surface area contributed by atoms with E-state index in [4.69, 9.17) is 14.2 Å². The van der Waals surface area contributed by atoms with E-state index >= 15 is 0 Å². The number of carbonyl (C=O) groups is 2. The SMILES string of the molecule is CCOC(=O)CNC(=O)NCc1cccc(-c2cccc(C3OC(CN4CCCCC4)CC(c4ccc(CO)cc4)O3)c2)c1. The Morgan fingerprint density at radius 1 is 0.886 bits per heavy atom. The van der Waals surface area contributed by atoms with Crippen molar-refractivity contribution in [2.45, 2.75) is 64.3 Å². The van der Waals surface area contributed by atoms with E-state index in [1.165, 1.54) is 19.3 Å². The highest BCUT2D eigenvalue weighted by Gasteiger charge is 2.33. The molecule has 9 nitrogen and oxygen atoms in total. The molecule has 44 heavy (non-hydrogen) atoms. The summed E-state index contributed by atoms with van der Waals surface area (Å²) in [5.74, 6) is -0.473. The summed E-state index contributed by atoms with van der Waals surface area (Å²) in [6.07, 6.45) is 3.91. The maximum absolute atomic E-state index is 12.1. The number of nitrogens with zero attached hydrogens (tertiary/aromatic N) is 1. The lowest BCUT2D eigenvalue weighted by atomic mass is 9.98. The van der Waals surface area contributed by atoms with Crippen LogP contribution in [0.3, 0.4) is 0 Å². The summed E-state index contributed by atoms with van der Waals surface area (Å²) in [6, 6.07) is 23.8. The largest absolute Gasteiger partial charge is 0.465 e. The molecule has 2 amide bonds. The average Bonchev–Trinajstić information content (AvgIpc) is 3.07. The highest BCUT2D eigenvalue weighted by atomic mass is 16.7. The Morgan fingerprint density at radius 2 is 1.64 bits per heavy atom. The maximum atomic E-state index is 12.1. The molecule has 3 atom stereocenters. The predicted molar refractivity (Wildman–Crippen MR) is 167 cm³/mol. The molecule has 234 valence electrons. The average molecular weight is 602 g/mol. The number of nitrogens with one attached hydrogen (secondary N) is 2. The van der Waals surface area contributed by atoms with Gasteiger partial charge in [-0.05, 0) is 72.8 Å². The zero-order valence-corrected chi connectivity index (χ0v) is 25.4. The number of rotatable bonds is 11. The van der Waals surface area contributed by atoms with Gasteiger partial charge in [-0.15, -0.1) is 0 Å². The van der Waals surface area contributed by atoms with Gasteiger partial charge in [-0.2, -0.15) is 0 Å². The molecule has 3 aromatic rings. The van der Waals surface area contributed by atoms with Crippen LogP contribution in [0.5, 0.6) is 0 Å². The second kappa shape index (κ2) is 15.8. The van der Waals surface area contributed by atoms with Crippen LogP contribution in [0.1, 0.15) is 67.3 Å². The highest BCUT2D eigenvalue weighted by molar-refractivity contribution is 5.80. The van der Waals surface area contributed by atoms with Gasteiger partial charge in [0.1, 0.15) is 6.54 Å². The van der Waals surface area contributed by atoms with Crippen molar-refractivity contribution in [1.29, 1.82) is 0 Å². The zero-order valence-electron chi connectivity index (χ0n) is 25.4. The molecule has 3 unspecified atom stereocenters. The Hall–Kier alpha value is -3.76. The molecule has 3 aromatic carbocycles. The van der Waals surface area contributed by atoms with Crippen LogP contribution >= 0.6 is 0 Å². The minimum Gasteiger partial charge on any atom is -0.465 e. The maximum Gasteiger partial charge on any atom is 0.325 e. The van der Waals surface area contributed by atoms with E-state index in [9.17, 15) is 14.7 Å². The van der Waals surface area contributed by atoms with E-state index < -0.39 is 18.3 Å². The smallest absolute Gasteiger partial charge is 0.325 e. The molecule has 2 heterocycles. The van der Waals surface area contributed by atoms with Crippen LogP contribution < -0.4 is 10.6 Å². The summed E-state index contributed by atoms with van der Waals surface area (Å²) in [5, 5.41) is 14.8.